The van der Waals surface area contributed by atoms with Gasteiger partial charge in [0.25, 0.3) is 0 Å². The van der Waals surface area contributed by atoms with E-state index < -0.39 is 0 Å². The number of rotatable bonds is 5. The van der Waals surface area contributed by atoms with Gasteiger partial charge < -0.3 is 10.2 Å². The van der Waals surface area contributed by atoms with E-state index in [1.807, 2.05) is 0 Å². The maximum Gasteiger partial charge on any atom is 0.222 e. The van der Waals surface area contributed by atoms with Crippen LogP contribution in [-0.4, -0.2) is 36.0 Å². The topological polar surface area (TPSA) is 32.3 Å². The normalized spacial score (nSPS) is 29.4. The van der Waals surface area contributed by atoms with Crippen molar-refractivity contribution in [3.63, 3.8) is 0 Å². The van der Waals surface area contributed by atoms with Crippen LogP contribution in [0.2, 0.25) is 0 Å². The minimum Gasteiger partial charge on any atom is -0.341 e. The smallest absolute Gasteiger partial charge is 0.222 e. The zero-order chi connectivity index (χ0) is 12.3. The molecule has 2 aliphatic rings. The molecule has 1 saturated carbocycles. The Balaban J connectivity index is 1.88. The second-order valence-electron chi connectivity index (χ2n) is 5.70. The van der Waals surface area contributed by atoms with Crippen LogP contribution in [0.3, 0.4) is 0 Å². The summed E-state index contributed by atoms with van der Waals surface area (Å²) in [7, 11) is 0. The monoisotopic (exact) mass is 238 g/mol. The van der Waals surface area contributed by atoms with Crippen molar-refractivity contribution in [3.8, 4) is 0 Å². The third-order valence-corrected chi connectivity index (χ3v) is 3.98. The minimum absolute atomic E-state index is 0.355. The molecular formula is C14H26N2O. The molecule has 2 unspecified atom stereocenters. The Labute approximate surface area is 105 Å². The van der Waals surface area contributed by atoms with Gasteiger partial charge in [0, 0.05) is 31.6 Å². The average molecular weight is 238 g/mol. The van der Waals surface area contributed by atoms with Crippen molar-refractivity contribution in [2.24, 2.45) is 5.92 Å². The molecule has 17 heavy (non-hydrogen) atoms. The van der Waals surface area contributed by atoms with Crippen LogP contribution in [0, 0.1) is 5.92 Å². The molecule has 2 atom stereocenters. The summed E-state index contributed by atoms with van der Waals surface area (Å²) in [6.45, 7) is 6.25. The first-order valence-electron chi connectivity index (χ1n) is 7.26. The number of piperidine rings is 1. The van der Waals surface area contributed by atoms with Gasteiger partial charge in [0.15, 0.2) is 0 Å². The Hall–Kier alpha value is -0.570. The molecule has 1 amide bonds. The zero-order valence-corrected chi connectivity index (χ0v) is 11.2. The highest BCUT2D eigenvalue weighted by Gasteiger charge is 2.32. The molecule has 3 nitrogen and oxygen atoms in total. The van der Waals surface area contributed by atoms with Crippen molar-refractivity contribution in [1.29, 1.82) is 0 Å². The van der Waals surface area contributed by atoms with Crippen molar-refractivity contribution in [3.05, 3.63) is 0 Å². The van der Waals surface area contributed by atoms with Crippen LogP contribution in [0.25, 0.3) is 0 Å². The number of hydrogen-bond acceptors (Lipinski definition) is 2. The Kier molecular flexibility index (Phi) is 4.43. The second kappa shape index (κ2) is 5.85. The maximum absolute atomic E-state index is 12.0. The fourth-order valence-electron chi connectivity index (χ4n) is 2.78. The van der Waals surface area contributed by atoms with E-state index >= 15 is 0 Å². The maximum atomic E-state index is 12.0. The van der Waals surface area contributed by atoms with Gasteiger partial charge >= 0.3 is 0 Å². The lowest BCUT2D eigenvalue weighted by Gasteiger charge is -2.38. The van der Waals surface area contributed by atoms with E-state index in [1.54, 1.807) is 0 Å². The minimum atomic E-state index is 0.355. The number of carbonyl (C=O) groups is 1. The summed E-state index contributed by atoms with van der Waals surface area (Å²) < 4.78 is 0. The first-order valence-corrected chi connectivity index (χ1v) is 7.26. The van der Waals surface area contributed by atoms with E-state index in [4.69, 9.17) is 0 Å². The van der Waals surface area contributed by atoms with Crippen molar-refractivity contribution >= 4 is 5.91 Å². The summed E-state index contributed by atoms with van der Waals surface area (Å²) in [6, 6.07) is 1.29. The summed E-state index contributed by atoms with van der Waals surface area (Å²) in [5.74, 6) is 1.05. The van der Waals surface area contributed by atoms with Crippen LogP contribution in [0.1, 0.15) is 52.4 Å². The van der Waals surface area contributed by atoms with Gasteiger partial charge in [0.2, 0.25) is 5.91 Å². The van der Waals surface area contributed by atoms with E-state index in [0.29, 0.717) is 24.3 Å². The number of amides is 1. The lowest BCUT2D eigenvalue weighted by molar-refractivity contribution is -0.133. The van der Waals surface area contributed by atoms with Crippen LogP contribution >= 0.6 is 0 Å². The zero-order valence-electron chi connectivity index (χ0n) is 11.2. The summed E-state index contributed by atoms with van der Waals surface area (Å²) in [5.41, 5.74) is 0. The predicted molar refractivity (Wildman–Crippen MR) is 69.8 cm³/mol. The number of carbonyl (C=O) groups excluding carboxylic acids is 1. The summed E-state index contributed by atoms with van der Waals surface area (Å²) in [6.07, 6.45) is 6.79. The van der Waals surface area contributed by atoms with Gasteiger partial charge in [-0.3, -0.25) is 4.79 Å². The molecular weight excluding hydrogens is 212 g/mol. The highest BCUT2D eigenvalue weighted by Crippen LogP contribution is 2.25. The first-order chi connectivity index (χ1) is 8.22. The van der Waals surface area contributed by atoms with E-state index in [9.17, 15) is 4.79 Å². The summed E-state index contributed by atoms with van der Waals surface area (Å²) in [4.78, 5) is 14.1. The standard InChI is InChI=1S/C14H26N2O/c1-3-5-14(17)16-9-11(4-2)8-13(10-16)15-12-6-7-12/h11-13,15H,3-10H2,1-2H3. The Morgan fingerprint density at radius 3 is 2.59 bits per heavy atom. The summed E-state index contributed by atoms with van der Waals surface area (Å²) >= 11 is 0. The lowest BCUT2D eigenvalue weighted by atomic mass is 9.91. The molecule has 0 spiro atoms. The van der Waals surface area contributed by atoms with Crippen molar-refractivity contribution in [1.82, 2.24) is 10.2 Å². The van der Waals surface area contributed by atoms with Gasteiger partial charge in [-0.2, -0.15) is 0 Å². The summed E-state index contributed by atoms with van der Waals surface area (Å²) in [5, 5.41) is 3.69. The third-order valence-electron chi connectivity index (χ3n) is 3.98. The molecule has 1 aliphatic heterocycles. The van der Waals surface area contributed by atoms with Crippen LogP contribution in [0.15, 0.2) is 0 Å². The molecule has 1 aliphatic carbocycles. The largest absolute Gasteiger partial charge is 0.341 e. The molecule has 1 heterocycles. The van der Waals surface area contributed by atoms with Gasteiger partial charge in [-0.1, -0.05) is 20.3 Å². The Morgan fingerprint density at radius 1 is 1.24 bits per heavy atom. The van der Waals surface area contributed by atoms with Gasteiger partial charge in [-0.15, -0.1) is 0 Å². The number of likely N-dealkylation sites (tertiary alicyclic amines) is 1. The van der Waals surface area contributed by atoms with Crippen LogP contribution < -0.4 is 5.32 Å². The Morgan fingerprint density at radius 2 is 2.00 bits per heavy atom. The molecule has 1 N–H and O–H groups in total. The second-order valence-corrected chi connectivity index (χ2v) is 5.70. The van der Waals surface area contributed by atoms with Crippen LogP contribution in [-0.2, 0) is 4.79 Å². The molecule has 2 rings (SSSR count). The van der Waals surface area contributed by atoms with Gasteiger partial charge in [-0.25, -0.2) is 0 Å². The molecule has 0 bridgehead atoms. The Bertz CT molecular complexity index is 263. The molecule has 0 radical (unpaired) electrons. The quantitative estimate of drug-likeness (QED) is 0.796. The van der Waals surface area contributed by atoms with Crippen LogP contribution in [0.4, 0.5) is 0 Å². The average Bonchev–Trinajstić information content (AvgIpc) is 3.13. The van der Waals surface area contributed by atoms with Crippen LogP contribution in [0.5, 0.6) is 0 Å². The predicted octanol–water partition coefficient (Wildman–Crippen LogP) is 2.17. The van der Waals surface area contributed by atoms with Gasteiger partial charge in [-0.05, 0) is 31.6 Å². The van der Waals surface area contributed by atoms with E-state index in [2.05, 4.69) is 24.1 Å². The molecule has 98 valence electrons. The van der Waals surface area contributed by atoms with Crippen molar-refractivity contribution < 1.29 is 4.79 Å². The molecule has 2 fully saturated rings. The molecule has 0 aromatic heterocycles. The van der Waals surface area contributed by atoms with E-state index in [0.717, 1.165) is 25.6 Å². The van der Waals surface area contributed by atoms with E-state index in [1.165, 1.54) is 25.7 Å². The highest BCUT2D eigenvalue weighted by molar-refractivity contribution is 5.76. The third kappa shape index (κ3) is 3.70. The molecule has 1 saturated heterocycles. The van der Waals surface area contributed by atoms with E-state index in [-0.39, 0.29) is 0 Å². The van der Waals surface area contributed by atoms with Crippen molar-refractivity contribution in [2.45, 2.75) is 64.5 Å². The van der Waals surface area contributed by atoms with Gasteiger partial charge in [0.1, 0.15) is 0 Å². The fraction of sp³-hybridized carbons (Fsp3) is 0.929. The SMILES string of the molecule is CCCC(=O)N1CC(CC)CC(NC2CC2)C1. The molecule has 3 heteroatoms. The highest BCUT2D eigenvalue weighted by atomic mass is 16.2. The molecule has 0 aromatic rings. The molecule has 0 aromatic carbocycles. The number of nitrogens with zero attached hydrogens (tertiary/aromatic N) is 1. The fourth-order valence-corrected chi connectivity index (χ4v) is 2.78. The van der Waals surface area contributed by atoms with Gasteiger partial charge in [0.05, 0.1) is 0 Å². The number of nitrogens with one attached hydrogen (secondary N) is 1. The number of hydrogen-bond donors (Lipinski definition) is 1. The van der Waals surface area contributed by atoms with Crippen molar-refractivity contribution in [2.75, 3.05) is 13.1 Å². The lowest BCUT2D eigenvalue weighted by Crippen LogP contribution is -2.51. The first kappa shape index (κ1) is 12.9.